The van der Waals surface area contributed by atoms with E-state index in [-0.39, 0.29) is 23.7 Å². The Balaban J connectivity index is 1.81. The summed E-state index contributed by atoms with van der Waals surface area (Å²) in [5.41, 5.74) is 0.347. The predicted molar refractivity (Wildman–Crippen MR) is 73.0 cm³/mol. The molecule has 3 aromatic heterocycles. The maximum atomic E-state index is 12.1. The number of H-pyrrole nitrogens is 1. The Hall–Kier alpha value is -2.90. The molecule has 0 spiro atoms. The van der Waals surface area contributed by atoms with Gasteiger partial charge in [0, 0.05) is 12.4 Å². The summed E-state index contributed by atoms with van der Waals surface area (Å²) < 4.78 is 6.85. The quantitative estimate of drug-likeness (QED) is 0.732. The fourth-order valence-electron chi connectivity index (χ4n) is 2.12. The summed E-state index contributed by atoms with van der Waals surface area (Å²) in [7, 11) is 0. The molecule has 0 radical (unpaired) electrons. The van der Waals surface area contributed by atoms with E-state index in [0.29, 0.717) is 22.9 Å². The molecule has 0 aliphatic rings. The van der Waals surface area contributed by atoms with Gasteiger partial charge in [-0.15, -0.1) is 10.2 Å². The number of hydrogen-bond acceptors (Lipinski definition) is 5. The maximum Gasteiger partial charge on any atom is 0.293 e. The summed E-state index contributed by atoms with van der Waals surface area (Å²) in [6.45, 7) is 3.67. The van der Waals surface area contributed by atoms with Crippen LogP contribution < -0.4 is 10.9 Å². The van der Waals surface area contributed by atoms with Crippen molar-refractivity contribution in [1.29, 1.82) is 0 Å². The molecule has 8 nitrogen and oxygen atoms in total. The lowest BCUT2D eigenvalue weighted by atomic mass is 10.2. The normalized spacial score (nSPS) is 11.0. The number of fused-ring (bicyclic) bond motifs is 1. The van der Waals surface area contributed by atoms with Crippen LogP contribution in [0.15, 0.2) is 27.7 Å². The molecule has 3 aromatic rings. The number of nitrogens with zero attached hydrogens (tertiary/aromatic N) is 3. The van der Waals surface area contributed by atoms with Gasteiger partial charge in [-0.2, -0.15) is 0 Å². The molecule has 0 unspecified atom stereocenters. The molecule has 0 aromatic carbocycles. The first-order chi connectivity index (χ1) is 10.1. The molecule has 0 bridgehead atoms. The smallest absolute Gasteiger partial charge is 0.293 e. The minimum atomic E-state index is -0.330. The highest BCUT2D eigenvalue weighted by atomic mass is 16.3. The van der Waals surface area contributed by atoms with Crippen LogP contribution >= 0.6 is 0 Å². The van der Waals surface area contributed by atoms with E-state index in [1.807, 2.05) is 0 Å². The standard InChI is InChI=1S/C13H13N5O3/c1-7-5-9(8(2)21-7)12(19)15-6-10-16-17-11-13(20)14-3-4-18(10)11/h3-5H,6H2,1-2H3,(H,14,20)(H,15,19). The van der Waals surface area contributed by atoms with E-state index in [4.69, 9.17) is 4.42 Å². The largest absolute Gasteiger partial charge is 0.466 e. The van der Waals surface area contributed by atoms with Crippen molar-refractivity contribution in [3.63, 3.8) is 0 Å². The topological polar surface area (TPSA) is 105 Å². The number of carbonyl (C=O) groups is 1. The van der Waals surface area contributed by atoms with Gasteiger partial charge in [0.25, 0.3) is 11.5 Å². The molecule has 2 N–H and O–H groups in total. The lowest BCUT2D eigenvalue weighted by molar-refractivity contribution is 0.0948. The molecule has 21 heavy (non-hydrogen) atoms. The van der Waals surface area contributed by atoms with Crippen molar-refractivity contribution >= 4 is 11.6 Å². The first-order valence-corrected chi connectivity index (χ1v) is 6.33. The van der Waals surface area contributed by atoms with E-state index in [1.165, 1.54) is 10.6 Å². The fourth-order valence-corrected chi connectivity index (χ4v) is 2.12. The van der Waals surface area contributed by atoms with Gasteiger partial charge in [-0.25, -0.2) is 0 Å². The van der Waals surface area contributed by atoms with Gasteiger partial charge in [-0.05, 0) is 19.9 Å². The third-order valence-corrected chi connectivity index (χ3v) is 3.10. The number of carbonyl (C=O) groups excluding carboxylic acids is 1. The van der Waals surface area contributed by atoms with Gasteiger partial charge < -0.3 is 14.7 Å². The summed E-state index contributed by atoms with van der Waals surface area (Å²) in [5.74, 6) is 1.46. The van der Waals surface area contributed by atoms with E-state index in [1.54, 1.807) is 26.1 Å². The lowest BCUT2D eigenvalue weighted by Crippen LogP contribution is -2.24. The Labute approximate surface area is 118 Å². The molecule has 3 rings (SSSR count). The van der Waals surface area contributed by atoms with Crippen molar-refractivity contribution in [2.75, 3.05) is 0 Å². The van der Waals surface area contributed by atoms with Crippen molar-refractivity contribution in [1.82, 2.24) is 24.9 Å². The summed E-state index contributed by atoms with van der Waals surface area (Å²) in [6.07, 6.45) is 3.12. The highest BCUT2D eigenvalue weighted by molar-refractivity contribution is 5.95. The zero-order chi connectivity index (χ0) is 15.0. The van der Waals surface area contributed by atoms with Gasteiger partial charge in [-0.1, -0.05) is 0 Å². The number of nitrogens with one attached hydrogen (secondary N) is 2. The molecule has 0 aliphatic carbocycles. The van der Waals surface area contributed by atoms with Gasteiger partial charge in [0.05, 0.1) is 12.1 Å². The Morgan fingerprint density at radius 2 is 2.24 bits per heavy atom. The summed E-state index contributed by atoms with van der Waals surface area (Å²) in [6, 6.07) is 1.68. The van der Waals surface area contributed by atoms with Crippen LogP contribution in [0.1, 0.15) is 27.7 Å². The Bertz CT molecular complexity index is 873. The van der Waals surface area contributed by atoms with Crippen molar-refractivity contribution < 1.29 is 9.21 Å². The summed E-state index contributed by atoms with van der Waals surface area (Å²) in [5, 5.41) is 10.4. The Morgan fingerprint density at radius 1 is 1.43 bits per heavy atom. The first-order valence-electron chi connectivity index (χ1n) is 6.33. The zero-order valence-corrected chi connectivity index (χ0v) is 11.5. The van der Waals surface area contributed by atoms with Crippen LogP contribution in [0.2, 0.25) is 0 Å². The second-order valence-electron chi connectivity index (χ2n) is 4.61. The van der Waals surface area contributed by atoms with Crippen LogP contribution in [0.25, 0.3) is 5.65 Å². The lowest BCUT2D eigenvalue weighted by Gasteiger charge is -2.02. The Kier molecular flexibility index (Phi) is 3.05. The molecular formula is C13H13N5O3. The molecule has 0 fully saturated rings. The van der Waals surface area contributed by atoms with Gasteiger partial charge in [0.1, 0.15) is 11.5 Å². The van der Waals surface area contributed by atoms with Crippen LogP contribution in [0.3, 0.4) is 0 Å². The van der Waals surface area contributed by atoms with Gasteiger partial charge in [0.2, 0.25) is 5.65 Å². The molecular weight excluding hydrogens is 274 g/mol. The number of amides is 1. The van der Waals surface area contributed by atoms with E-state index < -0.39 is 0 Å². The second kappa shape index (κ2) is 4.89. The highest BCUT2D eigenvalue weighted by Gasteiger charge is 2.14. The summed E-state index contributed by atoms with van der Waals surface area (Å²) in [4.78, 5) is 26.1. The number of rotatable bonds is 3. The molecule has 0 saturated carbocycles. The minimum absolute atomic E-state index is 0.160. The van der Waals surface area contributed by atoms with Crippen molar-refractivity contribution in [2.45, 2.75) is 20.4 Å². The van der Waals surface area contributed by atoms with E-state index in [0.717, 1.165) is 0 Å². The van der Waals surface area contributed by atoms with E-state index in [2.05, 4.69) is 20.5 Å². The van der Waals surface area contributed by atoms with Crippen LogP contribution in [0, 0.1) is 13.8 Å². The number of hydrogen-bond donors (Lipinski definition) is 2. The van der Waals surface area contributed by atoms with Crippen molar-refractivity contribution in [2.24, 2.45) is 0 Å². The van der Waals surface area contributed by atoms with Gasteiger partial charge in [0.15, 0.2) is 5.82 Å². The molecule has 108 valence electrons. The Morgan fingerprint density at radius 3 is 2.95 bits per heavy atom. The number of aromatic nitrogens is 4. The maximum absolute atomic E-state index is 12.1. The van der Waals surface area contributed by atoms with Crippen molar-refractivity contribution in [3.05, 3.63) is 51.7 Å². The monoisotopic (exact) mass is 287 g/mol. The van der Waals surface area contributed by atoms with Crippen molar-refractivity contribution in [3.8, 4) is 0 Å². The number of aryl methyl sites for hydroxylation is 2. The molecule has 3 heterocycles. The minimum Gasteiger partial charge on any atom is -0.466 e. The fraction of sp³-hybridized carbons (Fsp3) is 0.231. The molecule has 0 aliphatic heterocycles. The SMILES string of the molecule is Cc1cc(C(=O)NCc2nnc3c(=O)[nH]ccn23)c(C)o1. The van der Waals surface area contributed by atoms with Crippen LogP contribution in [-0.4, -0.2) is 25.5 Å². The van der Waals surface area contributed by atoms with Crippen LogP contribution in [0.4, 0.5) is 0 Å². The van der Waals surface area contributed by atoms with Gasteiger partial charge >= 0.3 is 0 Å². The average molecular weight is 287 g/mol. The third-order valence-electron chi connectivity index (χ3n) is 3.10. The first kappa shape index (κ1) is 13.1. The molecule has 0 atom stereocenters. The summed E-state index contributed by atoms with van der Waals surface area (Å²) >= 11 is 0. The molecule has 1 amide bonds. The number of aromatic amines is 1. The third kappa shape index (κ3) is 2.31. The average Bonchev–Trinajstić information content (AvgIpc) is 3.00. The van der Waals surface area contributed by atoms with Crippen LogP contribution in [-0.2, 0) is 6.54 Å². The number of furan rings is 1. The van der Waals surface area contributed by atoms with Gasteiger partial charge in [-0.3, -0.25) is 14.0 Å². The zero-order valence-electron chi connectivity index (χ0n) is 11.5. The second-order valence-corrected chi connectivity index (χ2v) is 4.61. The molecule has 0 saturated heterocycles. The molecule has 8 heteroatoms. The predicted octanol–water partition coefficient (Wildman–Crippen LogP) is 0.557. The highest BCUT2D eigenvalue weighted by Crippen LogP contribution is 2.13. The van der Waals surface area contributed by atoms with E-state index in [9.17, 15) is 9.59 Å². The van der Waals surface area contributed by atoms with Crippen LogP contribution in [0.5, 0.6) is 0 Å². The van der Waals surface area contributed by atoms with E-state index >= 15 is 0 Å².